The van der Waals surface area contributed by atoms with E-state index in [1.165, 1.54) is 0 Å². The number of aryl methyl sites for hydroxylation is 3. The van der Waals surface area contributed by atoms with Gasteiger partial charge < -0.3 is 10.4 Å². The molecule has 1 aromatic carbocycles. The number of hydrogen-bond acceptors (Lipinski definition) is 3. The number of nitrogens with one attached hydrogen (secondary N) is 1. The van der Waals surface area contributed by atoms with Crippen LogP contribution in [0.3, 0.4) is 0 Å². The van der Waals surface area contributed by atoms with E-state index < -0.39 is 11.9 Å². The van der Waals surface area contributed by atoms with Crippen molar-refractivity contribution >= 4 is 17.6 Å². The van der Waals surface area contributed by atoms with Gasteiger partial charge in [-0.15, -0.1) is 0 Å². The summed E-state index contributed by atoms with van der Waals surface area (Å²) in [5, 5.41) is 12.0. The molecule has 2 aromatic rings. The summed E-state index contributed by atoms with van der Waals surface area (Å²) in [5.41, 5.74) is 2.76. The van der Waals surface area contributed by atoms with Crippen LogP contribution in [0.5, 0.6) is 0 Å². The Kier molecular flexibility index (Phi) is 4.03. The average molecular weight is 284 g/mol. The van der Waals surface area contributed by atoms with Crippen LogP contribution >= 0.6 is 0 Å². The zero-order chi connectivity index (χ0) is 15.6. The third-order valence-electron chi connectivity index (χ3n) is 3.23. The second-order valence-corrected chi connectivity index (χ2v) is 4.90. The number of carbonyl (C=O) groups is 2. The first-order valence-electron chi connectivity index (χ1n) is 6.47. The molecule has 1 heterocycles. The summed E-state index contributed by atoms with van der Waals surface area (Å²) in [6.45, 7) is 5.24. The summed E-state index contributed by atoms with van der Waals surface area (Å²) < 4.78 is 0. The number of aromatic carboxylic acids is 1. The summed E-state index contributed by atoms with van der Waals surface area (Å²) in [4.78, 5) is 27.9. The zero-order valence-corrected chi connectivity index (χ0v) is 12.1. The van der Waals surface area contributed by atoms with Crippen molar-refractivity contribution in [1.82, 2.24) is 4.98 Å². The van der Waals surface area contributed by atoms with Crippen molar-refractivity contribution < 1.29 is 14.7 Å². The van der Waals surface area contributed by atoms with E-state index in [2.05, 4.69) is 10.3 Å². The number of carbonyl (C=O) groups excluding carboxylic acids is 1. The number of carboxylic acid groups (broad SMARTS) is 1. The fourth-order valence-electron chi connectivity index (χ4n) is 2.11. The lowest BCUT2D eigenvalue weighted by atomic mass is 9.96. The van der Waals surface area contributed by atoms with E-state index in [9.17, 15) is 14.7 Å². The first kappa shape index (κ1) is 14.7. The first-order valence-corrected chi connectivity index (χ1v) is 6.47. The maximum atomic E-state index is 12.4. The van der Waals surface area contributed by atoms with E-state index in [1.807, 2.05) is 6.92 Å². The van der Waals surface area contributed by atoms with Gasteiger partial charge in [-0.1, -0.05) is 12.1 Å². The summed E-state index contributed by atoms with van der Waals surface area (Å²) in [7, 11) is 0. The van der Waals surface area contributed by atoms with Crippen LogP contribution in [0.25, 0.3) is 0 Å². The predicted molar refractivity (Wildman–Crippen MR) is 79.8 cm³/mol. The Morgan fingerprint density at radius 1 is 1.00 bits per heavy atom. The Morgan fingerprint density at radius 2 is 1.62 bits per heavy atom. The van der Waals surface area contributed by atoms with Crippen molar-refractivity contribution in [3.63, 3.8) is 0 Å². The third-order valence-corrected chi connectivity index (χ3v) is 3.23. The van der Waals surface area contributed by atoms with Crippen molar-refractivity contribution in [3.8, 4) is 0 Å². The Labute approximate surface area is 122 Å². The molecule has 0 bridgehead atoms. The van der Waals surface area contributed by atoms with Gasteiger partial charge in [-0.05, 0) is 44.0 Å². The minimum absolute atomic E-state index is 0.0348. The first-order chi connectivity index (χ1) is 9.90. The number of pyridine rings is 1. The highest BCUT2D eigenvalue weighted by molar-refractivity contribution is 6.12. The molecule has 0 unspecified atom stereocenters. The van der Waals surface area contributed by atoms with Gasteiger partial charge in [-0.25, -0.2) is 4.79 Å². The van der Waals surface area contributed by atoms with Gasteiger partial charge in [0.1, 0.15) is 0 Å². The summed E-state index contributed by atoms with van der Waals surface area (Å²) in [6.07, 6.45) is 1.54. The van der Waals surface area contributed by atoms with Crippen LogP contribution in [0, 0.1) is 20.8 Å². The molecule has 0 fully saturated rings. The van der Waals surface area contributed by atoms with E-state index in [1.54, 1.807) is 44.3 Å². The molecule has 1 aromatic heterocycles. The fraction of sp³-hybridized carbons (Fsp3) is 0.188. The Bertz CT molecular complexity index is 706. The number of benzene rings is 1. The van der Waals surface area contributed by atoms with Crippen LogP contribution in [0.1, 0.15) is 37.5 Å². The van der Waals surface area contributed by atoms with Crippen LogP contribution in [0.4, 0.5) is 5.69 Å². The van der Waals surface area contributed by atoms with Crippen molar-refractivity contribution in [2.75, 3.05) is 5.32 Å². The van der Waals surface area contributed by atoms with Crippen LogP contribution in [-0.2, 0) is 0 Å². The van der Waals surface area contributed by atoms with E-state index in [0.717, 1.165) is 5.69 Å². The van der Waals surface area contributed by atoms with Gasteiger partial charge in [0.15, 0.2) is 0 Å². The molecule has 0 atom stereocenters. The van der Waals surface area contributed by atoms with Crippen LogP contribution in [0.2, 0.25) is 0 Å². The van der Waals surface area contributed by atoms with Gasteiger partial charge >= 0.3 is 5.97 Å². The fourth-order valence-corrected chi connectivity index (χ4v) is 2.11. The van der Waals surface area contributed by atoms with E-state index in [0.29, 0.717) is 16.8 Å². The smallest absolute Gasteiger partial charge is 0.336 e. The average Bonchev–Trinajstić information content (AvgIpc) is 2.43. The largest absolute Gasteiger partial charge is 0.478 e. The molecule has 5 nitrogen and oxygen atoms in total. The molecular weight excluding hydrogens is 268 g/mol. The maximum absolute atomic E-state index is 12.4. The van der Waals surface area contributed by atoms with Crippen molar-refractivity contribution in [2.24, 2.45) is 0 Å². The monoisotopic (exact) mass is 284 g/mol. The maximum Gasteiger partial charge on any atom is 0.336 e. The van der Waals surface area contributed by atoms with E-state index in [-0.39, 0.29) is 11.1 Å². The summed E-state index contributed by atoms with van der Waals surface area (Å²) in [5.74, 6) is -1.55. The molecule has 2 rings (SSSR count). The molecule has 0 aliphatic heterocycles. The minimum atomic E-state index is -1.11. The SMILES string of the molecule is Cc1ccc(NC(=O)c2c(C)ccc(C)c2C(=O)O)cn1. The van der Waals surface area contributed by atoms with Gasteiger partial charge in [0, 0.05) is 5.69 Å². The molecular formula is C16H16N2O3. The predicted octanol–water partition coefficient (Wildman–Crippen LogP) is 2.96. The number of aromatic nitrogens is 1. The summed E-state index contributed by atoms with van der Waals surface area (Å²) in [6, 6.07) is 6.94. The number of amides is 1. The highest BCUT2D eigenvalue weighted by atomic mass is 16.4. The zero-order valence-electron chi connectivity index (χ0n) is 12.1. The molecule has 2 N–H and O–H groups in total. The van der Waals surface area contributed by atoms with Crippen LogP contribution < -0.4 is 5.32 Å². The number of anilines is 1. The normalized spacial score (nSPS) is 10.2. The third kappa shape index (κ3) is 3.08. The molecule has 0 aliphatic rings. The quantitative estimate of drug-likeness (QED) is 0.908. The second kappa shape index (κ2) is 5.75. The topological polar surface area (TPSA) is 79.3 Å². The van der Waals surface area contributed by atoms with Gasteiger partial charge in [0.25, 0.3) is 5.91 Å². The molecule has 21 heavy (non-hydrogen) atoms. The molecule has 0 saturated heterocycles. The number of nitrogens with zero attached hydrogens (tertiary/aromatic N) is 1. The number of rotatable bonds is 3. The lowest BCUT2D eigenvalue weighted by Gasteiger charge is -2.12. The molecule has 1 amide bonds. The van der Waals surface area contributed by atoms with Gasteiger partial charge in [-0.2, -0.15) is 0 Å². The minimum Gasteiger partial charge on any atom is -0.478 e. The lowest BCUT2D eigenvalue weighted by molar-refractivity contribution is 0.0691. The van der Waals surface area contributed by atoms with Gasteiger partial charge in [0.05, 0.1) is 23.0 Å². The van der Waals surface area contributed by atoms with E-state index in [4.69, 9.17) is 0 Å². The molecule has 0 saturated carbocycles. The van der Waals surface area contributed by atoms with Gasteiger partial charge in [0.2, 0.25) is 0 Å². The lowest BCUT2D eigenvalue weighted by Crippen LogP contribution is -2.19. The molecule has 0 aliphatic carbocycles. The number of carboxylic acids is 1. The standard InChI is InChI=1S/C16H16N2O3/c1-9-4-5-10(2)14(16(20)21)13(9)15(19)18-12-7-6-11(3)17-8-12/h4-8H,1-3H3,(H,18,19)(H,20,21). The highest BCUT2D eigenvalue weighted by Gasteiger charge is 2.21. The van der Waals surface area contributed by atoms with Crippen molar-refractivity contribution in [1.29, 1.82) is 0 Å². The van der Waals surface area contributed by atoms with Crippen molar-refractivity contribution in [2.45, 2.75) is 20.8 Å². The molecule has 0 spiro atoms. The Balaban J connectivity index is 2.41. The molecule has 108 valence electrons. The number of hydrogen-bond donors (Lipinski definition) is 2. The summed E-state index contributed by atoms with van der Waals surface area (Å²) >= 11 is 0. The van der Waals surface area contributed by atoms with Crippen molar-refractivity contribution in [3.05, 3.63) is 58.4 Å². The Hall–Kier alpha value is -2.69. The van der Waals surface area contributed by atoms with Gasteiger partial charge in [-0.3, -0.25) is 9.78 Å². The Morgan fingerprint density at radius 3 is 2.14 bits per heavy atom. The highest BCUT2D eigenvalue weighted by Crippen LogP contribution is 2.20. The second-order valence-electron chi connectivity index (χ2n) is 4.90. The molecule has 0 radical (unpaired) electrons. The van der Waals surface area contributed by atoms with Crippen LogP contribution in [0.15, 0.2) is 30.5 Å². The van der Waals surface area contributed by atoms with E-state index >= 15 is 0 Å². The molecule has 5 heteroatoms. The van der Waals surface area contributed by atoms with Crippen LogP contribution in [-0.4, -0.2) is 22.0 Å².